The molecule has 0 fully saturated rings. The van der Waals surface area contributed by atoms with E-state index >= 15 is 0 Å². The highest BCUT2D eigenvalue weighted by molar-refractivity contribution is 6.30. The van der Waals surface area contributed by atoms with E-state index in [2.05, 4.69) is 22.8 Å². The van der Waals surface area contributed by atoms with Crippen molar-refractivity contribution >= 4 is 29.1 Å². The van der Waals surface area contributed by atoms with Crippen LogP contribution in [0.2, 0.25) is 5.02 Å². The molecule has 3 aromatic carbocycles. The Hall–Kier alpha value is -3.77. The van der Waals surface area contributed by atoms with Crippen LogP contribution in [-0.2, 0) is 13.0 Å². The Kier molecular flexibility index (Phi) is 7.27. The van der Waals surface area contributed by atoms with Gasteiger partial charge in [-0.3, -0.25) is 0 Å². The number of carbonyl (C=O) groups excluding carboxylic acids is 1. The number of anilines is 2. The summed E-state index contributed by atoms with van der Waals surface area (Å²) in [6.45, 7) is 1.04. The van der Waals surface area contributed by atoms with Crippen molar-refractivity contribution in [1.82, 2.24) is 15.1 Å². The largest absolute Gasteiger partial charge is 0.382 e. The molecule has 1 heterocycles. The molecule has 0 aliphatic carbocycles. The quantitative estimate of drug-likeness (QED) is 0.300. The number of benzene rings is 3. The van der Waals surface area contributed by atoms with Gasteiger partial charge in [0.05, 0.1) is 6.54 Å². The summed E-state index contributed by atoms with van der Waals surface area (Å²) in [5, 5.41) is 11.1. The number of nitrogen functional groups attached to an aromatic ring is 1. The molecule has 0 bridgehead atoms. The van der Waals surface area contributed by atoms with Crippen LogP contribution < -0.4 is 16.4 Å². The summed E-state index contributed by atoms with van der Waals surface area (Å²) in [6.07, 6.45) is 1.73. The fraction of sp³-hybridized carbons (Fsp3) is 0.154. The van der Waals surface area contributed by atoms with Crippen molar-refractivity contribution in [3.05, 3.63) is 101 Å². The molecule has 4 N–H and O–H groups in total. The Morgan fingerprint density at radius 3 is 2.21 bits per heavy atom. The molecule has 0 radical (unpaired) electrons. The number of urea groups is 1. The number of nitrogens with two attached hydrogens (primary N) is 1. The van der Waals surface area contributed by atoms with Crippen LogP contribution in [0.15, 0.2) is 84.9 Å². The number of halogens is 1. The van der Waals surface area contributed by atoms with Gasteiger partial charge in [0.15, 0.2) is 0 Å². The van der Waals surface area contributed by atoms with Gasteiger partial charge in [-0.15, -0.1) is 0 Å². The van der Waals surface area contributed by atoms with Crippen LogP contribution >= 0.6 is 11.6 Å². The zero-order valence-electron chi connectivity index (χ0n) is 18.2. The third-order valence-electron chi connectivity index (χ3n) is 5.29. The number of nitrogens with one attached hydrogen (secondary N) is 2. The highest BCUT2D eigenvalue weighted by Crippen LogP contribution is 2.33. The van der Waals surface area contributed by atoms with Crippen molar-refractivity contribution in [2.75, 3.05) is 17.6 Å². The Bertz CT molecular complexity index is 1190. The second-order valence-electron chi connectivity index (χ2n) is 7.73. The van der Waals surface area contributed by atoms with Crippen LogP contribution in [0.5, 0.6) is 0 Å². The van der Waals surface area contributed by atoms with Gasteiger partial charge in [0.25, 0.3) is 0 Å². The normalized spacial score (nSPS) is 10.7. The van der Waals surface area contributed by atoms with Crippen molar-refractivity contribution in [3.63, 3.8) is 0 Å². The first-order valence-corrected chi connectivity index (χ1v) is 11.2. The molecular weight excluding hydrogens is 434 g/mol. The minimum Gasteiger partial charge on any atom is -0.382 e. The predicted molar refractivity (Wildman–Crippen MR) is 134 cm³/mol. The van der Waals surface area contributed by atoms with E-state index in [1.165, 1.54) is 5.56 Å². The Morgan fingerprint density at radius 2 is 1.55 bits per heavy atom. The molecular formula is C26H26ClN5O. The van der Waals surface area contributed by atoms with Crippen LogP contribution in [0.3, 0.4) is 0 Å². The molecule has 0 aliphatic heterocycles. The van der Waals surface area contributed by atoms with Crippen molar-refractivity contribution in [1.29, 1.82) is 0 Å². The van der Waals surface area contributed by atoms with E-state index in [4.69, 9.17) is 22.4 Å². The van der Waals surface area contributed by atoms with E-state index in [0.29, 0.717) is 35.3 Å². The SMILES string of the molecule is Nc1c(NC(=O)NCCCc2ccccc2)c(-c2ccc(Cl)cc2)nn1Cc1ccccc1. The molecule has 4 aromatic rings. The maximum absolute atomic E-state index is 12.6. The molecule has 1 aromatic heterocycles. The standard InChI is InChI=1S/C26H26ClN5O/c27-22-15-13-21(14-16-22)23-24(25(28)32(31-23)18-20-10-5-2-6-11-20)30-26(33)29-17-7-12-19-8-3-1-4-9-19/h1-6,8-11,13-16H,7,12,17-18,28H2,(H2,29,30,33). The fourth-order valence-corrected chi connectivity index (χ4v) is 3.71. The highest BCUT2D eigenvalue weighted by atomic mass is 35.5. The summed E-state index contributed by atoms with van der Waals surface area (Å²) in [5.41, 5.74) is 10.6. The van der Waals surface area contributed by atoms with Crippen LogP contribution in [0, 0.1) is 0 Å². The monoisotopic (exact) mass is 459 g/mol. The number of hydrogen-bond donors (Lipinski definition) is 3. The number of carbonyl (C=O) groups is 1. The summed E-state index contributed by atoms with van der Waals surface area (Å²) in [4.78, 5) is 12.6. The molecule has 0 atom stereocenters. The minimum atomic E-state index is -0.316. The molecule has 0 unspecified atom stereocenters. The Labute approximate surface area is 198 Å². The fourth-order valence-electron chi connectivity index (χ4n) is 3.58. The average Bonchev–Trinajstić information content (AvgIpc) is 3.13. The highest BCUT2D eigenvalue weighted by Gasteiger charge is 2.19. The first kappa shape index (κ1) is 22.4. The Morgan fingerprint density at radius 1 is 0.909 bits per heavy atom. The minimum absolute atomic E-state index is 0.316. The van der Waals surface area contributed by atoms with E-state index in [9.17, 15) is 4.79 Å². The first-order valence-electron chi connectivity index (χ1n) is 10.8. The summed E-state index contributed by atoms with van der Waals surface area (Å²) < 4.78 is 1.70. The number of amides is 2. The molecule has 0 saturated heterocycles. The number of hydrogen-bond acceptors (Lipinski definition) is 3. The van der Waals surface area contributed by atoms with Crippen molar-refractivity contribution in [3.8, 4) is 11.3 Å². The maximum Gasteiger partial charge on any atom is 0.319 e. The lowest BCUT2D eigenvalue weighted by molar-refractivity contribution is 0.252. The topological polar surface area (TPSA) is 85.0 Å². The molecule has 33 heavy (non-hydrogen) atoms. The molecule has 2 amide bonds. The van der Waals surface area contributed by atoms with Crippen LogP contribution in [-0.4, -0.2) is 22.4 Å². The lowest BCUT2D eigenvalue weighted by Gasteiger charge is -2.09. The number of rotatable bonds is 8. The van der Waals surface area contributed by atoms with Crippen molar-refractivity contribution in [2.24, 2.45) is 0 Å². The van der Waals surface area contributed by atoms with Gasteiger partial charge in [0.2, 0.25) is 0 Å². The van der Waals surface area contributed by atoms with Crippen molar-refractivity contribution < 1.29 is 4.79 Å². The lowest BCUT2D eigenvalue weighted by Crippen LogP contribution is -2.30. The molecule has 6 nitrogen and oxygen atoms in total. The summed E-state index contributed by atoms with van der Waals surface area (Å²) in [5.74, 6) is 0.392. The number of nitrogens with zero attached hydrogens (tertiary/aromatic N) is 2. The second-order valence-corrected chi connectivity index (χ2v) is 8.17. The van der Waals surface area contributed by atoms with Gasteiger partial charge in [-0.1, -0.05) is 84.4 Å². The first-order chi connectivity index (χ1) is 16.1. The Balaban J connectivity index is 1.48. The van der Waals surface area contributed by atoms with Gasteiger partial charge in [-0.2, -0.15) is 5.10 Å². The van der Waals surface area contributed by atoms with Gasteiger partial charge >= 0.3 is 6.03 Å². The average molecular weight is 460 g/mol. The summed E-state index contributed by atoms with van der Waals surface area (Å²) in [6, 6.07) is 27.1. The summed E-state index contributed by atoms with van der Waals surface area (Å²) in [7, 11) is 0. The molecule has 7 heteroatoms. The third kappa shape index (κ3) is 5.93. The van der Waals surface area contributed by atoms with E-state index < -0.39 is 0 Å². The molecule has 0 aliphatic rings. The van der Waals surface area contributed by atoms with Gasteiger partial charge in [0.1, 0.15) is 17.2 Å². The third-order valence-corrected chi connectivity index (χ3v) is 5.55. The molecule has 0 saturated carbocycles. The molecule has 168 valence electrons. The van der Waals surface area contributed by atoms with Gasteiger partial charge < -0.3 is 16.4 Å². The predicted octanol–water partition coefficient (Wildman–Crippen LogP) is 5.59. The van der Waals surface area contributed by atoms with Gasteiger partial charge in [-0.05, 0) is 36.1 Å². The summed E-state index contributed by atoms with van der Waals surface area (Å²) >= 11 is 6.05. The second kappa shape index (κ2) is 10.7. The maximum atomic E-state index is 12.6. The number of aryl methyl sites for hydroxylation is 1. The van der Waals surface area contributed by atoms with Crippen LogP contribution in [0.1, 0.15) is 17.5 Å². The van der Waals surface area contributed by atoms with Crippen LogP contribution in [0.25, 0.3) is 11.3 Å². The van der Waals surface area contributed by atoms with E-state index in [-0.39, 0.29) is 6.03 Å². The van der Waals surface area contributed by atoms with E-state index in [1.54, 1.807) is 16.8 Å². The van der Waals surface area contributed by atoms with Gasteiger partial charge in [-0.25, -0.2) is 9.48 Å². The zero-order chi connectivity index (χ0) is 23.0. The van der Waals surface area contributed by atoms with Gasteiger partial charge in [0, 0.05) is 17.1 Å². The lowest BCUT2D eigenvalue weighted by atomic mass is 10.1. The van der Waals surface area contributed by atoms with E-state index in [1.807, 2.05) is 60.7 Å². The van der Waals surface area contributed by atoms with Crippen molar-refractivity contribution in [2.45, 2.75) is 19.4 Å². The van der Waals surface area contributed by atoms with Crippen LogP contribution in [0.4, 0.5) is 16.3 Å². The molecule has 4 rings (SSSR count). The van der Waals surface area contributed by atoms with E-state index in [0.717, 1.165) is 24.0 Å². The smallest absolute Gasteiger partial charge is 0.319 e. The zero-order valence-corrected chi connectivity index (χ0v) is 18.9. The number of aromatic nitrogens is 2. The molecule has 0 spiro atoms.